The number of benzene rings is 1. The van der Waals surface area contributed by atoms with E-state index in [4.69, 9.17) is 9.84 Å². The number of likely N-dealkylation sites (N-methyl/N-ethyl adjacent to an activating group) is 1. The predicted octanol–water partition coefficient (Wildman–Crippen LogP) is 2.41. The summed E-state index contributed by atoms with van der Waals surface area (Å²) >= 11 is 0. The Morgan fingerprint density at radius 3 is 2.62 bits per heavy atom. The highest BCUT2D eigenvalue weighted by Crippen LogP contribution is 2.15. The number of hydrogen-bond acceptors (Lipinski definition) is 3. The highest BCUT2D eigenvalue weighted by molar-refractivity contribution is 5.92. The van der Waals surface area contributed by atoms with Crippen LogP contribution in [0, 0.1) is 5.82 Å². The molecule has 2 amide bonds. The number of amides is 2. The van der Waals surface area contributed by atoms with E-state index in [9.17, 15) is 14.0 Å². The number of nitrogens with one attached hydrogen (secondary N) is 1. The van der Waals surface area contributed by atoms with Gasteiger partial charge in [0, 0.05) is 19.3 Å². The Bertz CT molecular complexity index is 522. The molecular formula is C14H19FN2O4. The quantitative estimate of drug-likeness (QED) is 0.845. The minimum absolute atomic E-state index is 0.136. The summed E-state index contributed by atoms with van der Waals surface area (Å²) in [7, 11) is 1.54. The number of carboxylic acid groups (broad SMARTS) is 1. The van der Waals surface area contributed by atoms with Crippen LogP contribution < -0.4 is 5.32 Å². The minimum Gasteiger partial charge on any atom is -0.478 e. The molecule has 1 unspecified atom stereocenters. The van der Waals surface area contributed by atoms with Gasteiger partial charge in [0.15, 0.2) is 0 Å². The molecule has 1 atom stereocenters. The van der Waals surface area contributed by atoms with Crippen LogP contribution >= 0.6 is 0 Å². The molecule has 6 nitrogen and oxygen atoms in total. The summed E-state index contributed by atoms with van der Waals surface area (Å²) in [6.45, 7) is 4.50. The Hall–Kier alpha value is -2.15. The highest BCUT2D eigenvalue weighted by Gasteiger charge is 2.19. The van der Waals surface area contributed by atoms with E-state index in [0.29, 0.717) is 13.2 Å². The maximum Gasteiger partial charge on any atom is 0.338 e. The van der Waals surface area contributed by atoms with Crippen LogP contribution in [0.25, 0.3) is 0 Å². The molecule has 2 N–H and O–H groups in total. The molecule has 0 fully saturated rings. The van der Waals surface area contributed by atoms with Crippen molar-refractivity contribution in [1.82, 2.24) is 4.90 Å². The molecule has 21 heavy (non-hydrogen) atoms. The molecule has 1 aromatic rings. The Labute approximate surface area is 122 Å². The second-order valence-electron chi connectivity index (χ2n) is 4.52. The predicted molar refractivity (Wildman–Crippen MR) is 76.1 cm³/mol. The number of halogens is 1. The van der Waals surface area contributed by atoms with Gasteiger partial charge in [-0.05, 0) is 32.0 Å². The number of rotatable bonds is 6. The normalized spacial score (nSPS) is 11.8. The fraction of sp³-hybridized carbons (Fsp3) is 0.429. The van der Waals surface area contributed by atoms with Gasteiger partial charge in [0.1, 0.15) is 5.82 Å². The molecule has 116 valence electrons. The molecule has 0 aromatic heterocycles. The lowest BCUT2D eigenvalue weighted by atomic mass is 10.2. The number of hydrogen-bond donors (Lipinski definition) is 2. The molecule has 0 spiro atoms. The van der Waals surface area contributed by atoms with Gasteiger partial charge < -0.3 is 20.1 Å². The van der Waals surface area contributed by atoms with Crippen LogP contribution in [0.1, 0.15) is 24.2 Å². The van der Waals surface area contributed by atoms with Gasteiger partial charge in [-0.1, -0.05) is 0 Å². The monoisotopic (exact) mass is 298 g/mol. The first-order chi connectivity index (χ1) is 9.90. The Kier molecular flexibility index (Phi) is 6.10. The third-order valence-electron chi connectivity index (χ3n) is 2.99. The topological polar surface area (TPSA) is 78.9 Å². The number of carboxylic acids is 1. The van der Waals surface area contributed by atoms with Crippen molar-refractivity contribution in [3.8, 4) is 0 Å². The van der Waals surface area contributed by atoms with Gasteiger partial charge in [-0.25, -0.2) is 14.0 Å². The summed E-state index contributed by atoms with van der Waals surface area (Å²) in [4.78, 5) is 24.4. The largest absolute Gasteiger partial charge is 0.478 e. The van der Waals surface area contributed by atoms with Crippen molar-refractivity contribution >= 4 is 17.7 Å². The number of urea groups is 1. The maximum absolute atomic E-state index is 13.5. The number of nitrogens with zero attached hydrogens (tertiary/aromatic N) is 1. The third kappa shape index (κ3) is 4.42. The Morgan fingerprint density at radius 2 is 2.14 bits per heavy atom. The van der Waals surface area contributed by atoms with Gasteiger partial charge in [-0.2, -0.15) is 0 Å². The van der Waals surface area contributed by atoms with Crippen molar-refractivity contribution in [2.75, 3.05) is 25.6 Å². The SMILES string of the molecule is CCN(C(=O)Nc1ccc(C(=O)O)c(F)c1)C(C)COC. The second-order valence-corrected chi connectivity index (χ2v) is 4.52. The van der Waals surface area contributed by atoms with E-state index in [1.165, 1.54) is 11.0 Å². The lowest BCUT2D eigenvalue weighted by molar-refractivity contribution is 0.0692. The number of aromatic carboxylic acids is 1. The molecule has 1 aromatic carbocycles. The first-order valence-corrected chi connectivity index (χ1v) is 6.50. The van der Waals surface area contributed by atoms with Crippen LogP contribution in [-0.4, -0.2) is 48.3 Å². The zero-order valence-electron chi connectivity index (χ0n) is 12.2. The van der Waals surface area contributed by atoms with Crippen LogP contribution in [0.3, 0.4) is 0 Å². The summed E-state index contributed by atoms with van der Waals surface area (Å²) in [6, 6.07) is 2.91. The molecule has 0 aliphatic heterocycles. The van der Waals surface area contributed by atoms with Gasteiger partial charge in [0.25, 0.3) is 0 Å². The molecule has 0 saturated heterocycles. The molecular weight excluding hydrogens is 279 g/mol. The van der Waals surface area contributed by atoms with Crippen molar-refractivity contribution in [3.05, 3.63) is 29.6 Å². The van der Waals surface area contributed by atoms with Gasteiger partial charge in [0.2, 0.25) is 0 Å². The highest BCUT2D eigenvalue weighted by atomic mass is 19.1. The van der Waals surface area contributed by atoms with Gasteiger partial charge in [-0.3, -0.25) is 0 Å². The standard InChI is InChI=1S/C14H19FN2O4/c1-4-17(9(2)8-21-3)14(20)16-10-5-6-11(13(18)19)12(15)7-10/h5-7,9H,4,8H2,1-3H3,(H,16,20)(H,18,19). The van der Waals surface area contributed by atoms with Gasteiger partial charge in [-0.15, -0.1) is 0 Å². The van der Waals surface area contributed by atoms with Crippen LogP contribution in [0.5, 0.6) is 0 Å². The van der Waals surface area contributed by atoms with E-state index in [0.717, 1.165) is 12.1 Å². The lowest BCUT2D eigenvalue weighted by Crippen LogP contribution is -2.43. The Balaban J connectivity index is 2.82. The van der Waals surface area contributed by atoms with E-state index in [1.54, 1.807) is 7.11 Å². The summed E-state index contributed by atoms with van der Waals surface area (Å²) in [6.07, 6.45) is 0. The van der Waals surface area contributed by atoms with Gasteiger partial charge in [0.05, 0.1) is 18.2 Å². The number of anilines is 1. The van der Waals surface area contributed by atoms with E-state index in [2.05, 4.69) is 5.32 Å². The van der Waals surface area contributed by atoms with Crippen LogP contribution in [-0.2, 0) is 4.74 Å². The Morgan fingerprint density at radius 1 is 1.48 bits per heavy atom. The van der Waals surface area contributed by atoms with Crippen molar-refractivity contribution in [2.45, 2.75) is 19.9 Å². The number of ether oxygens (including phenoxy) is 1. The van der Waals surface area contributed by atoms with Gasteiger partial charge >= 0.3 is 12.0 Å². The first kappa shape index (κ1) is 16.9. The van der Waals surface area contributed by atoms with Crippen molar-refractivity contribution in [3.63, 3.8) is 0 Å². The fourth-order valence-corrected chi connectivity index (χ4v) is 1.95. The molecule has 0 heterocycles. The van der Waals surface area contributed by atoms with E-state index < -0.39 is 23.4 Å². The minimum atomic E-state index is -1.35. The van der Waals surface area contributed by atoms with E-state index in [1.807, 2.05) is 13.8 Å². The number of carbonyl (C=O) groups is 2. The smallest absolute Gasteiger partial charge is 0.338 e. The second kappa shape index (κ2) is 7.58. The summed E-state index contributed by atoms with van der Waals surface area (Å²) in [5.74, 6) is -2.25. The zero-order chi connectivity index (χ0) is 16.0. The number of carbonyl (C=O) groups excluding carboxylic acids is 1. The van der Waals surface area contributed by atoms with E-state index >= 15 is 0 Å². The van der Waals surface area contributed by atoms with Crippen molar-refractivity contribution in [1.29, 1.82) is 0 Å². The summed E-state index contributed by atoms with van der Waals surface area (Å²) < 4.78 is 18.5. The first-order valence-electron chi connectivity index (χ1n) is 6.50. The molecule has 7 heteroatoms. The fourth-order valence-electron chi connectivity index (χ4n) is 1.95. The maximum atomic E-state index is 13.5. The molecule has 0 bridgehead atoms. The molecule has 0 aliphatic rings. The average Bonchev–Trinajstić information content (AvgIpc) is 2.39. The van der Waals surface area contributed by atoms with Crippen molar-refractivity contribution < 1.29 is 23.8 Å². The van der Waals surface area contributed by atoms with Crippen LogP contribution in [0.15, 0.2) is 18.2 Å². The molecule has 1 rings (SSSR count). The van der Waals surface area contributed by atoms with Crippen molar-refractivity contribution in [2.24, 2.45) is 0 Å². The third-order valence-corrected chi connectivity index (χ3v) is 2.99. The zero-order valence-corrected chi connectivity index (χ0v) is 12.2. The molecule has 0 aliphatic carbocycles. The summed E-state index contributed by atoms with van der Waals surface area (Å²) in [5.41, 5.74) is -0.237. The number of methoxy groups -OCH3 is 1. The molecule has 0 saturated carbocycles. The lowest BCUT2D eigenvalue weighted by Gasteiger charge is -2.27. The van der Waals surface area contributed by atoms with Crippen LogP contribution in [0.4, 0.5) is 14.9 Å². The van der Waals surface area contributed by atoms with E-state index in [-0.39, 0.29) is 11.7 Å². The average molecular weight is 298 g/mol. The molecule has 0 radical (unpaired) electrons. The van der Waals surface area contributed by atoms with Crippen LogP contribution in [0.2, 0.25) is 0 Å². The summed E-state index contributed by atoms with van der Waals surface area (Å²) in [5, 5.41) is 11.3.